The minimum Gasteiger partial charge on any atom is -0.416 e. The molecule has 1 saturated heterocycles. The van der Waals surface area contributed by atoms with Gasteiger partial charge in [0.05, 0.1) is 5.69 Å². The van der Waals surface area contributed by atoms with Crippen molar-refractivity contribution in [3.05, 3.63) is 18.2 Å². The van der Waals surface area contributed by atoms with Crippen LogP contribution in [0.4, 0.5) is 24.5 Å². The SMILES string of the molecule is CC(C)(C)[Si](C)(C)OCCN1CCN(c2ccc(OC(F)(F)F)c(N)c2)CC1. The zero-order valence-electron chi connectivity index (χ0n) is 17.4. The van der Waals surface area contributed by atoms with Gasteiger partial charge in [0, 0.05) is 45.0 Å². The summed E-state index contributed by atoms with van der Waals surface area (Å²) in [6.07, 6.45) is -4.74. The molecule has 0 radical (unpaired) electrons. The number of nitrogens with zero attached hydrogens (tertiary/aromatic N) is 2. The molecule has 1 fully saturated rings. The molecule has 5 nitrogen and oxygen atoms in total. The van der Waals surface area contributed by atoms with E-state index >= 15 is 0 Å². The Morgan fingerprint density at radius 3 is 2.18 bits per heavy atom. The van der Waals surface area contributed by atoms with E-state index in [4.69, 9.17) is 10.2 Å². The summed E-state index contributed by atoms with van der Waals surface area (Å²) in [4.78, 5) is 4.48. The third-order valence-corrected chi connectivity index (χ3v) is 10.2. The number of hydrogen-bond acceptors (Lipinski definition) is 5. The number of halogens is 3. The number of nitrogen functional groups attached to an aromatic ring is 1. The second kappa shape index (κ2) is 8.50. The number of nitrogens with two attached hydrogens (primary N) is 1. The molecule has 0 amide bonds. The molecule has 1 aromatic rings. The summed E-state index contributed by atoms with van der Waals surface area (Å²) < 4.78 is 47.2. The van der Waals surface area contributed by atoms with Crippen molar-refractivity contribution < 1.29 is 22.3 Å². The van der Waals surface area contributed by atoms with E-state index < -0.39 is 14.7 Å². The Balaban J connectivity index is 1.83. The highest BCUT2D eigenvalue weighted by Gasteiger charge is 2.37. The van der Waals surface area contributed by atoms with Crippen molar-refractivity contribution in [1.82, 2.24) is 4.90 Å². The lowest BCUT2D eigenvalue weighted by atomic mass is 10.2. The minimum atomic E-state index is -4.74. The molecule has 0 aromatic heterocycles. The van der Waals surface area contributed by atoms with Gasteiger partial charge in [-0.05, 0) is 36.3 Å². The average Bonchev–Trinajstić information content (AvgIpc) is 2.55. The number of anilines is 2. The van der Waals surface area contributed by atoms with Crippen molar-refractivity contribution in [2.75, 3.05) is 50.0 Å². The number of alkyl halides is 3. The van der Waals surface area contributed by atoms with Crippen molar-refractivity contribution in [3.63, 3.8) is 0 Å². The van der Waals surface area contributed by atoms with Gasteiger partial charge in [0.15, 0.2) is 14.1 Å². The first-order chi connectivity index (χ1) is 12.8. The molecule has 28 heavy (non-hydrogen) atoms. The van der Waals surface area contributed by atoms with Crippen molar-refractivity contribution in [1.29, 1.82) is 0 Å². The van der Waals surface area contributed by atoms with Crippen LogP contribution in [0.2, 0.25) is 18.1 Å². The summed E-state index contributed by atoms with van der Waals surface area (Å²) in [5.74, 6) is -0.363. The van der Waals surface area contributed by atoms with E-state index in [1.165, 1.54) is 12.1 Å². The van der Waals surface area contributed by atoms with E-state index in [0.29, 0.717) is 0 Å². The van der Waals surface area contributed by atoms with Crippen LogP contribution in [0.1, 0.15) is 20.8 Å². The van der Waals surface area contributed by atoms with Crippen LogP contribution in [-0.4, -0.2) is 58.9 Å². The van der Waals surface area contributed by atoms with Crippen LogP contribution in [0.15, 0.2) is 18.2 Å². The zero-order chi connectivity index (χ0) is 21.2. The summed E-state index contributed by atoms with van der Waals surface area (Å²) in [6.45, 7) is 16.1. The van der Waals surface area contributed by atoms with Gasteiger partial charge in [0.25, 0.3) is 0 Å². The fraction of sp³-hybridized carbons (Fsp3) is 0.684. The van der Waals surface area contributed by atoms with E-state index in [1.807, 2.05) is 0 Å². The van der Waals surface area contributed by atoms with Crippen LogP contribution in [0.25, 0.3) is 0 Å². The fourth-order valence-corrected chi connectivity index (χ4v) is 3.86. The highest BCUT2D eigenvalue weighted by Crippen LogP contribution is 2.36. The van der Waals surface area contributed by atoms with Gasteiger partial charge in [-0.3, -0.25) is 4.90 Å². The van der Waals surface area contributed by atoms with Gasteiger partial charge in [-0.15, -0.1) is 13.2 Å². The summed E-state index contributed by atoms with van der Waals surface area (Å²) in [5.41, 5.74) is 6.52. The molecular weight excluding hydrogens is 387 g/mol. The molecule has 0 spiro atoms. The molecular formula is C19H32F3N3O2Si. The van der Waals surface area contributed by atoms with Gasteiger partial charge >= 0.3 is 6.36 Å². The first-order valence-electron chi connectivity index (χ1n) is 9.55. The highest BCUT2D eigenvalue weighted by atomic mass is 28.4. The molecule has 1 aromatic carbocycles. The van der Waals surface area contributed by atoms with Crippen molar-refractivity contribution in [3.8, 4) is 5.75 Å². The summed E-state index contributed by atoms with van der Waals surface area (Å²) >= 11 is 0. The average molecular weight is 420 g/mol. The van der Waals surface area contributed by atoms with E-state index in [2.05, 4.69) is 48.4 Å². The summed E-state index contributed by atoms with van der Waals surface area (Å²) in [5, 5.41) is 0.202. The molecule has 160 valence electrons. The second-order valence-corrected chi connectivity index (χ2v) is 13.5. The maximum absolute atomic E-state index is 12.4. The Bertz CT molecular complexity index is 655. The second-order valence-electron chi connectivity index (χ2n) is 8.71. The smallest absolute Gasteiger partial charge is 0.416 e. The number of benzene rings is 1. The van der Waals surface area contributed by atoms with Crippen LogP contribution < -0.4 is 15.4 Å². The largest absolute Gasteiger partial charge is 0.573 e. The Morgan fingerprint density at radius 2 is 1.68 bits per heavy atom. The van der Waals surface area contributed by atoms with Gasteiger partial charge < -0.3 is 19.8 Å². The fourth-order valence-electron chi connectivity index (χ4n) is 2.83. The van der Waals surface area contributed by atoms with Gasteiger partial charge in [0.1, 0.15) is 0 Å². The van der Waals surface area contributed by atoms with Gasteiger partial charge in [-0.2, -0.15) is 0 Å². The molecule has 0 atom stereocenters. The number of ether oxygens (including phenoxy) is 1. The molecule has 1 aliphatic rings. The highest BCUT2D eigenvalue weighted by molar-refractivity contribution is 6.74. The maximum Gasteiger partial charge on any atom is 0.573 e. The minimum absolute atomic E-state index is 0.0139. The first-order valence-corrected chi connectivity index (χ1v) is 12.5. The monoisotopic (exact) mass is 419 g/mol. The van der Waals surface area contributed by atoms with Gasteiger partial charge in [-0.25, -0.2) is 0 Å². The molecule has 9 heteroatoms. The molecule has 0 bridgehead atoms. The molecule has 2 N–H and O–H groups in total. The van der Waals surface area contributed by atoms with Crippen molar-refractivity contribution >= 4 is 19.7 Å². The standard InChI is InChI=1S/C19H32F3N3O2Si/c1-18(2,3)28(4,5)26-13-12-24-8-10-25(11-9-24)15-6-7-17(16(23)14-15)27-19(20,21)22/h6-7,14H,8-13,23H2,1-5H3. The third-order valence-electron chi connectivity index (χ3n) is 5.63. The lowest BCUT2D eigenvalue weighted by Gasteiger charge is -2.39. The molecule has 1 heterocycles. The van der Waals surface area contributed by atoms with Gasteiger partial charge in [-0.1, -0.05) is 20.8 Å². The van der Waals surface area contributed by atoms with Crippen LogP contribution in [0, 0.1) is 0 Å². The topological polar surface area (TPSA) is 51.0 Å². The number of rotatable bonds is 6. The normalized spacial score (nSPS) is 17.1. The van der Waals surface area contributed by atoms with E-state index in [-0.39, 0.29) is 16.5 Å². The Kier molecular flexibility index (Phi) is 6.93. The molecule has 1 aliphatic heterocycles. The van der Waals surface area contributed by atoms with Crippen LogP contribution in [0.3, 0.4) is 0 Å². The maximum atomic E-state index is 12.4. The Hall–Kier alpha value is -1.45. The van der Waals surface area contributed by atoms with Crippen LogP contribution >= 0.6 is 0 Å². The number of hydrogen-bond donors (Lipinski definition) is 1. The molecule has 0 saturated carbocycles. The van der Waals surface area contributed by atoms with Crippen molar-refractivity contribution in [2.24, 2.45) is 0 Å². The van der Waals surface area contributed by atoms with Crippen LogP contribution in [0.5, 0.6) is 5.75 Å². The van der Waals surface area contributed by atoms with Gasteiger partial charge in [0.2, 0.25) is 0 Å². The van der Waals surface area contributed by atoms with E-state index in [1.54, 1.807) is 6.07 Å². The zero-order valence-corrected chi connectivity index (χ0v) is 18.4. The third kappa shape index (κ3) is 6.28. The predicted molar refractivity (Wildman–Crippen MR) is 109 cm³/mol. The number of piperazine rings is 1. The van der Waals surface area contributed by atoms with Crippen LogP contribution in [-0.2, 0) is 4.43 Å². The quantitative estimate of drug-likeness (QED) is 0.550. The summed E-state index contributed by atoms with van der Waals surface area (Å²) in [6, 6.07) is 4.43. The lowest BCUT2D eigenvalue weighted by molar-refractivity contribution is -0.274. The molecule has 0 aliphatic carbocycles. The Morgan fingerprint density at radius 1 is 1.07 bits per heavy atom. The Labute approximate surface area is 166 Å². The van der Waals surface area contributed by atoms with E-state index in [0.717, 1.165) is 45.0 Å². The van der Waals surface area contributed by atoms with E-state index in [9.17, 15) is 13.2 Å². The molecule has 0 unspecified atom stereocenters. The predicted octanol–water partition coefficient (Wildman–Crippen LogP) is 4.31. The summed E-state index contributed by atoms with van der Waals surface area (Å²) in [7, 11) is -1.73. The first kappa shape index (κ1) is 22.8. The molecule has 2 rings (SSSR count). The van der Waals surface area contributed by atoms with Crippen molar-refractivity contribution in [2.45, 2.75) is 45.3 Å². The lowest BCUT2D eigenvalue weighted by Crippen LogP contribution is -2.48.